The van der Waals surface area contributed by atoms with Crippen molar-refractivity contribution >= 4 is 16.9 Å². The lowest BCUT2D eigenvalue weighted by Gasteiger charge is -2.47. The number of pyridine rings is 1. The van der Waals surface area contributed by atoms with Gasteiger partial charge in [-0.05, 0) is 18.6 Å². The highest BCUT2D eigenvalue weighted by Crippen LogP contribution is 2.33. The average Bonchev–Trinajstić information content (AvgIpc) is 3.53. The number of amides is 1. The largest absolute Gasteiger partial charge is 0.436 e. The second kappa shape index (κ2) is 9.11. The second-order valence-electron chi connectivity index (χ2n) is 9.25. The first kappa shape index (κ1) is 24.4. The number of carbonyl (C=O) groups excluding carboxylic acids is 1. The minimum absolute atomic E-state index is 0.0885. The van der Waals surface area contributed by atoms with Gasteiger partial charge in [-0.2, -0.15) is 18.3 Å². The minimum atomic E-state index is -5.04. The van der Waals surface area contributed by atoms with Gasteiger partial charge in [0, 0.05) is 55.2 Å². The summed E-state index contributed by atoms with van der Waals surface area (Å²) in [4.78, 5) is 30.3. The zero-order valence-corrected chi connectivity index (χ0v) is 19.7. The standard InChI is InChI=1S/C24H20F5N8O/c25-17-11-35(23(38)15-1-4-30-21(19(15)26)24(27,28)29)6-3-18(17)36-9-14(10-36)37-8-13(7-34-37)20-16-2-5-31-22(16)33-12-32-20/h1-2,4-5,7-8,12,17-18H,3,6,9-11H2,(H,31,32,33)/t17-,18+/m0/s1. The van der Waals surface area contributed by atoms with Crippen LogP contribution < -0.4 is 0 Å². The monoisotopic (exact) mass is 531 g/mol. The number of halogens is 5. The summed E-state index contributed by atoms with van der Waals surface area (Å²) in [5.74, 6) is -2.74. The second-order valence-corrected chi connectivity index (χ2v) is 9.25. The SMILES string of the molecule is O=C(c1ccnc(C(F)(F)F)c1F)N1CC[C@@H](N2C[C](n3cc(-c4ncnc5[nH]ccc45)cn3)C2)[C@@H](F)C1. The number of hydrogen-bond donors (Lipinski definition) is 1. The third kappa shape index (κ3) is 4.18. The van der Waals surface area contributed by atoms with Gasteiger partial charge in [0.05, 0.1) is 24.0 Å². The third-order valence-electron chi connectivity index (χ3n) is 6.96. The molecule has 14 heteroatoms. The Balaban J connectivity index is 1.08. The smallest absolute Gasteiger partial charge is 0.346 e. The molecule has 2 aliphatic rings. The van der Waals surface area contributed by atoms with Gasteiger partial charge in [0.25, 0.3) is 5.91 Å². The maximum Gasteiger partial charge on any atom is 0.436 e. The number of likely N-dealkylation sites (tertiary alicyclic amines) is 2. The molecular formula is C24H20F5N8O. The van der Waals surface area contributed by atoms with Crippen molar-refractivity contribution in [1.29, 1.82) is 0 Å². The number of rotatable bonds is 4. The van der Waals surface area contributed by atoms with Gasteiger partial charge < -0.3 is 9.88 Å². The van der Waals surface area contributed by atoms with Gasteiger partial charge in [0.2, 0.25) is 0 Å². The van der Waals surface area contributed by atoms with Crippen molar-refractivity contribution in [3.63, 3.8) is 0 Å². The molecule has 38 heavy (non-hydrogen) atoms. The molecule has 2 saturated heterocycles. The molecule has 2 aliphatic heterocycles. The van der Waals surface area contributed by atoms with Gasteiger partial charge in [0.15, 0.2) is 11.5 Å². The van der Waals surface area contributed by atoms with Crippen LogP contribution in [0.4, 0.5) is 22.0 Å². The molecule has 0 aliphatic carbocycles. The number of aromatic amines is 1. The number of aromatic nitrogens is 6. The van der Waals surface area contributed by atoms with Gasteiger partial charge in [-0.25, -0.2) is 23.7 Å². The van der Waals surface area contributed by atoms with Gasteiger partial charge in [-0.15, -0.1) is 0 Å². The summed E-state index contributed by atoms with van der Waals surface area (Å²) in [6.45, 7) is 0.685. The van der Waals surface area contributed by atoms with Gasteiger partial charge in [0.1, 0.15) is 24.2 Å². The molecule has 0 saturated carbocycles. The van der Waals surface area contributed by atoms with Gasteiger partial charge >= 0.3 is 6.18 Å². The van der Waals surface area contributed by atoms with E-state index in [2.05, 4.69) is 25.0 Å². The molecule has 4 aromatic heterocycles. The highest BCUT2D eigenvalue weighted by Gasteiger charge is 2.43. The summed E-state index contributed by atoms with van der Waals surface area (Å²) in [7, 11) is 0. The Labute approximate surface area is 212 Å². The van der Waals surface area contributed by atoms with Crippen LogP contribution >= 0.6 is 0 Å². The van der Waals surface area contributed by atoms with E-state index in [1.165, 1.54) is 6.33 Å². The Hall–Kier alpha value is -3.94. The van der Waals surface area contributed by atoms with E-state index in [0.29, 0.717) is 13.1 Å². The molecule has 1 N–H and O–H groups in total. The van der Waals surface area contributed by atoms with Crippen molar-refractivity contribution in [1.82, 2.24) is 39.5 Å². The summed E-state index contributed by atoms with van der Waals surface area (Å²) in [5, 5.41) is 5.29. The first-order valence-electron chi connectivity index (χ1n) is 11.8. The number of nitrogens with one attached hydrogen (secondary N) is 1. The molecule has 0 unspecified atom stereocenters. The summed E-state index contributed by atoms with van der Waals surface area (Å²) in [6, 6.07) is 3.24. The molecule has 0 spiro atoms. The Morgan fingerprint density at radius 3 is 2.71 bits per heavy atom. The minimum Gasteiger partial charge on any atom is -0.346 e. The predicted octanol–water partition coefficient (Wildman–Crippen LogP) is 3.32. The highest BCUT2D eigenvalue weighted by molar-refractivity contribution is 5.94. The molecule has 0 aromatic carbocycles. The molecule has 197 valence electrons. The molecule has 6 rings (SSSR count). The maximum absolute atomic E-state index is 15.1. The van der Waals surface area contributed by atoms with E-state index in [1.807, 2.05) is 17.2 Å². The van der Waals surface area contributed by atoms with Crippen LogP contribution in [0.1, 0.15) is 22.5 Å². The first-order valence-corrected chi connectivity index (χ1v) is 11.8. The van der Waals surface area contributed by atoms with E-state index in [9.17, 15) is 22.4 Å². The lowest BCUT2D eigenvalue weighted by molar-refractivity contribution is -0.143. The zero-order valence-electron chi connectivity index (χ0n) is 19.7. The summed E-state index contributed by atoms with van der Waals surface area (Å²) < 4.78 is 70.1. The van der Waals surface area contributed by atoms with E-state index in [0.717, 1.165) is 45.5 Å². The molecule has 2 atom stereocenters. The topological polar surface area (TPSA) is 95.8 Å². The normalized spacial score (nSPS) is 21.1. The fourth-order valence-corrected chi connectivity index (χ4v) is 4.99. The van der Waals surface area contributed by atoms with Crippen molar-refractivity contribution < 1.29 is 26.7 Å². The van der Waals surface area contributed by atoms with Crippen LogP contribution in [0.15, 0.2) is 43.2 Å². The van der Waals surface area contributed by atoms with Crippen LogP contribution in [0.25, 0.3) is 22.3 Å². The van der Waals surface area contributed by atoms with Crippen LogP contribution in [0.5, 0.6) is 0 Å². The van der Waals surface area contributed by atoms with Crippen molar-refractivity contribution in [2.75, 3.05) is 26.2 Å². The zero-order chi connectivity index (χ0) is 26.6. The van der Waals surface area contributed by atoms with Crippen LogP contribution in [-0.2, 0) is 6.18 Å². The average molecular weight is 531 g/mol. The Bertz CT molecular complexity index is 1490. The summed E-state index contributed by atoms with van der Waals surface area (Å²) in [5.41, 5.74) is -0.259. The highest BCUT2D eigenvalue weighted by atomic mass is 19.4. The molecule has 6 heterocycles. The molecule has 4 aromatic rings. The number of alkyl halides is 4. The maximum atomic E-state index is 15.1. The van der Waals surface area contributed by atoms with E-state index in [4.69, 9.17) is 0 Å². The number of piperidine rings is 1. The van der Waals surface area contributed by atoms with Crippen molar-refractivity contribution in [3.05, 3.63) is 66.4 Å². The van der Waals surface area contributed by atoms with Crippen LogP contribution in [0, 0.1) is 11.9 Å². The Morgan fingerprint density at radius 2 is 1.95 bits per heavy atom. The van der Waals surface area contributed by atoms with E-state index >= 15 is 4.39 Å². The number of carbonyl (C=O) groups is 1. The predicted molar refractivity (Wildman–Crippen MR) is 124 cm³/mol. The Morgan fingerprint density at radius 1 is 1.13 bits per heavy atom. The van der Waals surface area contributed by atoms with Gasteiger partial charge in [-0.3, -0.25) is 14.4 Å². The molecule has 2 fully saturated rings. The summed E-state index contributed by atoms with van der Waals surface area (Å²) >= 11 is 0. The lowest BCUT2D eigenvalue weighted by Crippen LogP contribution is -2.61. The molecule has 0 bridgehead atoms. The molecule has 9 nitrogen and oxygen atoms in total. The quantitative estimate of drug-likeness (QED) is 0.406. The number of fused-ring (bicyclic) bond motifs is 1. The molecule has 1 amide bonds. The van der Waals surface area contributed by atoms with Crippen LogP contribution in [-0.4, -0.2) is 83.8 Å². The fraction of sp³-hybridized carbons (Fsp3) is 0.333. The first-order chi connectivity index (χ1) is 18.2. The van der Waals surface area contributed by atoms with Crippen molar-refractivity contribution in [2.24, 2.45) is 0 Å². The number of H-pyrrole nitrogens is 1. The van der Waals surface area contributed by atoms with Gasteiger partial charge in [-0.1, -0.05) is 0 Å². The lowest BCUT2D eigenvalue weighted by atomic mass is 9.95. The number of hydrogen-bond acceptors (Lipinski definition) is 6. The van der Waals surface area contributed by atoms with Crippen molar-refractivity contribution in [3.8, 4) is 11.3 Å². The third-order valence-corrected chi connectivity index (χ3v) is 6.96. The van der Waals surface area contributed by atoms with E-state index in [-0.39, 0.29) is 19.5 Å². The van der Waals surface area contributed by atoms with E-state index in [1.54, 1.807) is 17.1 Å². The molecule has 1 radical (unpaired) electrons. The Kier molecular flexibility index (Phi) is 5.85. The van der Waals surface area contributed by atoms with Crippen LogP contribution in [0.2, 0.25) is 0 Å². The van der Waals surface area contributed by atoms with E-state index < -0.39 is 41.4 Å². The summed E-state index contributed by atoms with van der Waals surface area (Å²) in [6.07, 6.45) is 1.31. The fourth-order valence-electron chi connectivity index (χ4n) is 4.99. The van der Waals surface area contributed by atoms with Crippen molar-refractivity contribution in [2.45, 2.75) is 24.8 Å². The number of nitrogens with zero attached hydrogens (tertiary/aromatic N) is 7. The molecular weight excluding hydrogens is 511 g/mol. The van der Waals surface area contributed by atoms with Crippen LogP contribution in [0.3, 0.4) is 0 Å².